The third-order valence-electron chi connectivity index (χ3n) is 3.43. The number of likely N-dealkylation sites (tertiary alicyclic amines) is 1. The molecule has 7 heteroatoms. The number of piperidine rings is 1. The Morgan fingerprint density at radius 2 is 1.91 bits per heavy atom. The van der Waals surface area contributed by atoms with E-state index in [9.17, 15) is 14.4 Å². The van der Waals surface area contributed by atoms with E-state index in [1.807, 2.05) is 0 Å². The number of ether oxygens (including phenoxy) is 2. The van der Waals surface area contributed by atoms with Crippen molar-refractivity contribution in [3.05, 3.63) is 0 Å². The maximum absolute atomic E-state index is 12.4. The van der Waals surface area contributed by atoms with Gasteiger partial charge in [0.05, 0.1) is 6.61 Å². The number of esters is 1. The van der Waals surface area contributed by atoms with Gasteiger partial charge in [-0.2, -0.15) is 0 Å². The van der Waals surface area contributed by atoms with Gasteiger partial charge in [-0.3, -0.25) is 9.69 Å². The molecule has 1 aliphatic heterocycles. The average Bonchev–Trinajstić information content (AvgIpc) is 2.45. The molecule has 0 bridgehead atoms. The van der Waals surface area contributed by atoms with Gasteiger partial charge in [0, 0.05) is 6.54 Å². The molecule has 0 saturated carbocycles. The molecule has 0 radical (unpaired) electrons. The van der Waals surface area contributed by atoms with Crippen molar-refractivity contribution >= 4 is 18.0 Å². The third kappa shape index (κ3) is 6.08. The van der Waals surface area contributed by atoms with Gasteiger partial charge in [-0.1, -0.05) is 0 Å². The number of nitrogens with one attached hydrogen (secondary N) is 1. The molecular formula is C16H28N2O5. The molecule has 7 nitrogen and oxygen atoms in total. The summed E-state index contributed by atoms with van der Waals surface area (Å²) >= 11 is 0. The molecule has 2 amide bonds. The van der Waals surface area contributed by atoms with Crippen molar-refractivity contribution in [2.75, 3.05) is 13.2 Å². The second-order valence-corrected chi connectivity index (χ2v) is 6.67. The van der Waals surface area contributed by atoms with E-state index in [0.717, 1.165) is 12.8 Å². The van der Waals surface area contributed by atoms with E-state index in [1.54, 1.807) is 34.6 Å². The highest BCUT2D eigenvalue weighted by atomic mass is 16.6. The first-order chi connectivity index (χ1) is 10.7. The smallest absolute Gasteiger partial charge is 0.410 e. The maximum Gasteiger partial charge on any atom is 0.410 e. The summed E-state index contributed by atoms with van der Waals surface area (Å²) in [6.45, 7) is 9.36. The highest BCUT2D eigenvalue weighted by Crippen LogP contribution is 2.20. The Balaban J connectivity index is 2.71. The standard InChI is InChI=1S/C16H28N2O5/c1-6-22-14(20)11(2)17-13(19)12-9-7-8-10-18(12)15(21)23-16(3,4)5/h11-12H,6-10H2,1-5H3,(H,17,19). The fourth-order valence-electron chi connectivity index (χ4n) is 2.38. The molecule has 0 spiro atoms. The molecule has 0 aromatic rings. The van der Waals surface area contributed by atoms with Crippen LogP contribution in [-0.4, -0.2) is 53.7 Å². The lowest BCUT2D eigenvalue weighted by molar-refractivity contribution is -0.147. The molecule has 1 aliphatic rings. The van der Waals surface area contributed by atoms with Crippen molar-refractivity contribution in [1.82, 2.24) is 10.2 Å². The van der Waals surface area contributed by atoms with E-state index in [1.165, 1.54) is 4.90 Å². The molecule has 1 N–H and O–H groups in total. The van der Waals surface area contributed by atoms with Crippen molar-refractivity contribution in [1.29, 1.82) is 0 Å². The minimum Gasteiger partial charge on any atom is -0.464 e. The molecule has 1 fully saturated rings. The Kier molecular flexibility index (Phi) is 6.84. The molecule has 0 aliphatic carbocycles. The first-order valence-electron chi connectivity index (χ1n) is 8.12. The number of carbonyl (C=O) groups excluding carboxylic acids is 3. The Hall–Kier alpha value is -1.79. The van der Waals surface area contributed by atoms with Crippen LogP contribution in [0.15, 0.2) is 0 Å². The summed E-state index contributed by atoms with van der Waals surface area (Å²) in [6.07, 6.45) is 1.74. The molecule has 2 atom stereocenters. The highest BCUT2D eigenvalue weighted by molar-refractivity contribution is 5.89. The van der Waals surface area contributed by atoms with Gasteiger partial charge in [-0.15, -0.1) is 0 Å². The van der Waals surface area contributed by atoms with Crippen LogP contribution in [0.5, 0.6) is 0 Å². The molecule has 0 aromatic heterocycles. The van der Waals surface area contributed by atoms with Crippen molar-refractivity contribution < 1.29 is 23.9 Å². The van der Waals surface area contributed by atoms with Crippen LogP contribution >= 0.6 is 0 Å². The molecule has 132 valence electrons. The molecule has 1 rings (SSSR count). The van der Waals surface area contributed by atoms with Crippen LogP contribution in [0.2, 0.25) is 0 Å². The zero-order valence-corrected chi connectivity index (χ0v) is 14.7. The summed E-state index contributed by atoms with van der Waals surface area (Å²) in [5, 5.41) is 2.62. The Bertz CT molecular complexity index is 444. The van der Waals surface area contributed by atoms with E-state index >= 15 is 0 Å². The minimum absolute atomic E-state index is 0.256. The number of nitrogens with zero attached hydrogens (tertiary/aromatic N) is 1. The lowest BCUT2D eigenvalue weighted by atomic mass is 10.0. The van der Waals surface area contributed by atoms with Crippen molar-refractivity contribution in [2.24, 2.45) is 0 Å². The average molecular weight is 328 g/mol. The lowest BCUT2D eigenvalue weighted by Crippen LogP contribution is -2.55. The highest BCUT2D eigenvalue weighted by Gasteiger charge is 2.35. The van der Waals surface area contributed by atoms with Gasteiger partial charge in [0.15, 0.2) is 0 Å². The predicted octanol–water partition coefficient (Wildman–Crippen LogP) is 1.84. The van der Waals surface area contributed by atoms with E-state index in [2.05, 4.69) is 5.32 Å². The zero-order valence-electron chi connectivity index (χ0n) is 14.7. The van der Waals surface area contributed by atoms with Crippen LogP contribution in [0, 0.1) is 0 Å². The van der Waals surface area contributed by atoms with E-state index < -0.39 is 29.7 Å². The number of carbonyl (C=O) groups is 3. The minimum atomic E-state index is -0.745. The van der Waals surface area contributed by atoms with Crippen molar-refractivity contribution in [3.8, 4) is 0 Å². The van der Waals surface area contributed by atoms with Crippen LogP contribution in [0.4, 0.5) is 4.79 Å². The van der Waals surface area contributed by atoms with Gasteiger partial charge >= 0.3 is 12.1 Å². The summed E-state index contributed by atoms with van der Waals surface area (Å²) in [7, 11) is 0. The van der Waals surface area contributed by atoms with E-state index in [4.69, 9.17) is 9.47 Å². The molecule has 1 saturated heterocycles. The number of rotatable bonds is 4. The van der Waals surface area contributed by atoms with Crippen LogP contribution in [-0.2, 0) is 19.1 Å². The Morgan fingerprint density at radius 3 is 2.48 bits per heavy atom. The van der Waals surface area contributed by atoms with E-state index in [-0.39, 0.29) is 12.5 Å². The van der Waals surface area contributed by atoms with Gasteiger partial charge < -0.3 is 14.8 Å². The Labute approximate surface area is 137 Å². The van der Waals surface area contributed by atoms with Gasteiger partial charge in [-0.05, 0) is 53.9 Å². The van der Waals surface area contributed by atoms with Gasteiger partial charge in [0.25, 0.3) is 0 Å². The normalized spacial score (nSPS) is 19.7. The molecule has 1 heterocycles. The summed E-state index contributed by atoms with van der Waals surface area (Å²) in [5.74, 6) is -0.836. The quantitative estimate of drug-likeness (QED) is 0.796. The summed E-state index contributed by atoms with van der Waals surface area (Å²) in [5.41, 5.74) is -0.617. The summed E-state index contributed by atoms with van der Waals surface area (Å²) < 4.78 is 10.2. The van der Waals surface area contributed by atoms with Crippen LogP contribution in [0.1, 0.15) is 53.9 Å². The summed E-state index contributed by atoms with van der Waals surface area (Å²) in [6, 6.07) is -1.36. The molecule has 23 heavy (non-hydrogen) atoms. The fourth-order valence-corrected chi connectivity index (χ4v) is 2.38. The second kappa shape index (κ2) is 8.17. The predicted molar refractivity (Wildman–Crippen MR) is 84.8 cm³/mol. The first kappa shape index (κ1) is 19.3. The molecular weight excluding hydrogens is 300 g/mol. The Morgan fingerprint density at radius 1 is 1.26 bits per heavy atom. The van der Waals surface area contributed by atoms with Crippen LogP contribution in [0.25, 0.3) is 0 Å². The van der Waals surface area contributed by atoms with E-state index in [0.29, 0.717) is 13.0 Å². The fraction of sp³-hybridized carbons (Fsp3) is 0.812. The number of hydrogen-bond donors (Lipinski definition) is 1. The topological polar surface area (TPSA) is 84.9 Å². The number of amides is 2. The summed E-state index contributed by atoms with van der Waals surface area (Å²) in [4.78, 5) is 37.8. The number of hydrogen-bond acceptors (Lipinski definition) is 5. The zero-order chi connectivity index (χ0) is 17.6. The third-order valence-corrected chi connectivity index (χ3v) is 3.43. The molecule has 0 aromatic carbocycles. The SMILES string of the molecule is CCOC(=O)C(C)NC(=O)C1CCCCN1C(=O)OC(C)(C)C. The largest absolute Gasteiger partial charge is 0.464 e. The monoisotopic (exact) mass is 328 g/mol. The van der Waals surface area contributed by atoms with Gasteiger partial charge in [0.1, 0.15) is 17.7 Å². The second-order valence-electron chi connectivity index (χ2n) is 6.67. The maximum atomic E-state index is 12.4. The first-order valence-corrected chi connectivity index (χ1v) is 8.12. The van der Waals surface area contributed by atoms with Crippen LogP contribution < -0.4 is 5.32 Å². The lowest BCUT2D eigenvalue weighted by Gasteiger charge is -2.36. The van der Waals surface area contributed by atoms with Gasteiger partial charge in [-0.25, -0.2) is 9.59 Å². The van der Waals surface area contributed by atoms with Gasteiger partial charge in [0.2, 0.25) is 5.91 Å². The molecule has 2 unspecified atom stereocenters. The van der Waals surface area contributed by atoms with Crippen LogP contribution in [0.3, 0.4) is 0 Å². The van der Waals surface area contributed by atoms with Crippen molar-refractivity contribution in [3.63, 3.8) is 0 Å². The van der Waals surface area contributed by atoms with Crippen molar-refractivity contribution in [2.45, 2.75) is 71.6 Å².